The summed E-state index contributed by atoms with van der Waals surface area (Å²) < 4.78 is 35.1. The zero-order chi connectivity index (χ0) is 22.4. The van der Waals surface area contributed by atoms with Crippen LogP contribution in [-0.2, 0) is 10.0 Å². The zero-order valence-electron chi connectivity index (χ0n) is 17.5. The Morgan fingerprint density at radius 2 is 1.71 bits per heavy atom. The average molecular weight is 441 g/mol. The summed E-state index contributed by atoms with van der Waals surface area (Å²) in [6.45, 7) is 3.46. The molecule has 4 rings (SSSR count). The van der Waals surface area contributed by atoms with Gasteiger partial charge in [-0.1, -0.05) is 24.3 Å². The maximum Gasteiger partial charge on any atom is 0.264 e. The molecule has 0 radical (unpaired) electrons. The topological polar surface area (TPSA) is 88.8 Å². The largest absolute Gasteiger partial charge is 0.485 e. The summed E-state index contributed by atoms with van der Waals surface area (Å²) in [7, 11) is -2.39. The number of anilines is 1. The second-order valence-electron chi connectivity index (χ2n) is 8.05. The second-order valence-corrected chi connectivity index (χ2v) is 10.0. The maximum absolute atomic E-state index is 13.3. The third kappa shape index (κ3) is 3.62. The fourth-order valence-electron chi connectivity index (χ4n) is 3.81. The predicted molar refractivity (Wildman–Crippen MR) is 118 cm³/mol. The van der Waals surface area contributed by atoms with Gasteiger partial charge in [0.1, 0.15) is 17.5 Å². The lowest BCUT2D eigenvalue weighted by atomic mass is 9.86. The molecular formula is C23H24N2O5S. The van der Waals surface area contributed by atoms with Gasteiger partial charge in [0.05, 0.1) is 16.6 Å². The number of hydrogen-bond acceptors (Lipinski definition) is 5. The summed E-state index contributed by atoms with van der Waals surface area (Å²) >= 11 is 0. The number of rotatable bonds is 4. The highest BCUT2D eigenvalue weighted by Crippen LogP contribution is 2.42. The van der Waals surface area contributed by atoms with Crippen LogP contribution in [0.25, 0.3) is 0 Å². The number of pyridine rings is 1. The van der Waals surface area contributed by atoms with Gasteiger partial charge in [-0.3, -0.25) is 9.10 Å². The smallest absolute Gasteiger partial charge is 0.264 e. The molecule has 1 aromatic heterocycles. The molecule has 7 nitrogen and oxygen atoms in total. The van der Waals surface area contributed by atoms with E-state index in [1.807, 2.05) is 6.07 Å². The van der Waals surface area contributed by atoms with E-state index in [4.69, 9.17) is 4.74 Å². The van der Waals surface area contributed by atoms with Crippen LogP contribution in [0.5, 0.6) is 5.75 Å². The standard InChI is InChI=1S/C23H24N2O5S/c1-23(2)22(27)21(25-14-8-7-11-20(25)26)18-15-17(12-13-19(18)30-23)31(28,29)24(3)16-9-5-4-6-10-16/h4-15,21-22,27H,1-3H3. The van der Waals surface area contributed by atoms with Gasteiger partial charge in [-0.25, -0.2) is 8.42 Å². The van der Waals surface area contributed by atoms with Gasteiger partial charge in [-0.2, -0.15) is 0 Å². The third-order valence-electron chi connectivity index (χ3n) is 5.61. The number of ether oxygens (including phenoxy) is 1. The number of aliphatic hydroxyl groups excluding tert-OH is 1. The summed E-state index contributed by atoms with van der Waals surface area (Å²) in [5, 5.41) is 11.1. The van der Waals surface area contributed by atoms with E-state index < -0.39 is 27.8 Å². The van der Waals surface area contributed by atoms with Crippen molar-refractivity contribution in [1.82, 2.24) is 4.57 Å². The van der Waals surface area contributed by atoms with Crippen LogP contribution >= 0.6 is 0 Å². The summed E-state index contributed by atoms with van der Waals surface area (Å²) in [6, 6.07) is 17.2. The molecule has 0 fully saturated rings. The molecular weight excluding hydrogens is 416 g/mol. The quantitative estimate of drug-likeness (QED) is 0.674. The fourth-order valence-corrected chi connectivity index (χ4v) is 5.04. The minimum atomic E-state index is -3.88. The molecule has 0 saturated carbocycles. The number of hydrogen-bond donors (Lipinski definition) is 1. The Kier molecular flexibility index (Phi) is 5.15. The monoisotopic (exact) mass is 440 g/mol. The Bertz CT molecular complexity index is 1270. The molecule has 0 saturated heterocycles. The molecule has 0 bridgehead atoms. The van der Waals surface area contributed by atoms with Crippen molar-refractivity contribution in [2.45, 2.75) is 36.5 Å². The van der Waals surface area contributed by atoms with Crippen molar-refractivity contribution in [3.05, 3.63) is 88.8 Å². The van der Waals surface area contributed by atoms with Crippen molar-refractivity contribution < 1.29 is 18.3 Å². The van der Waals surface area contributed by atoms with Crippen molar-refractivity contribution in [3.63, 3.8) is 0 Å². The first-order valence-electron chi connectivity index (χ1n) is 9.85. The van der Waals surface area contributed by atoms with E-state index in [1.54, 1.807) is 62.5 Å². The number of aliphatic hydroxyl groups is 1. The Balaban J connectivity index is 1.87. The molecule has 8 heteroatoms. The van der Waals surface area contributed by atoms with Crippen molar-refractivity contribution in [2.24, 2.45) is 0 Å². The van der Waals surface area contributed by atoms with Crippen LogP contribution in [0, 0.1) is 0 Å². The molecule has 1 aliphatic rings. The van der Waals surface area contributed by atoms with Gasteiger partial charge < -0.3 is 14.4 Å². The highest BCUT2D eigenvalue weighted by atomic mass is 32.2. The molecule has 0 spiro atoms. The summed E-state index contributed by atoms with van der Waals surface area (Å²) in [5.74, 6) is 0.428. The summed E-state index contributed by atoms with van der Waals surface area (Å²) in [5.41, 5.74) is -0.324. The number of aromatic nitrogens is 1. The molecule has 3 aromatic rings. The number of benzene rings is 2. The Labute approximate surface area is 181 Å². The highest BCUT2D eigenvalue weighted by molar-refractivity contribution is 7.92. The maximum atomic E-state index is 13.3. The van der Waals surface area contributed by atoms with Gasteiger partial charge in [-0.05, 0) is 50.2 Å². The lowest BCUT2D eigenvalue weighted by molar-refractivity contribution is -0.0643. The lowest BCUT2D eigenvalue weighted by Crippen LogP contribution is -2.52. The van der Waals surface area contributed by atoms with E-state index in [0.717, 1.165) is 0 Å². The van der Waals surface area contributed by atoms with Gasteiger partial charge in [0.15, 0.2) is 0 Å². The van der Waals surface area contributed by atoms with Gasteiger partial charge in [0.2, 0.25) is 0 Å². The van der Waals surface area contributed by atoms with Gasteiger partial charge >= 0.3 is 0 Å². The zero-order valence-corrected chi connectivity index (χ0v) is 18.3. The van der Waals surface area contributed by atoms with Crippen LogP contribution in [0.2, 0.25) is 0 Å². The van der Waals surface area contributed by atoms with Crippen molar-refractivity contribution in [3.8, 4) is 5.75 Å². The van der Waals surface area contributed by atoms with Crippen LogP contribution < -0.4 is 14.6 Å². The molecule has 2 aromatic carbocycles. The SMILES string of the molecule is CN(c1ccccc1)S(=O)(=O)c1ccc2c(c1)C(n1ccccc1=O)C(O)C(C)(C)O2. The van der Waals surface area contributed by atoms with Crippen molar-refractivity contribution in [2.75, 3.05) is 11.4 Å². The molecule has 2 unspecified atom stereocenters. The van der Waals surface area contributed by atoms with Gasteiger partial charge in [-0.15, -0.1) is 0 Å². The first kappa shape index (κ1) is 21.1. The van der Waals surface area contributed by atoms with Gasteiger partial charge in [0.25, 0.3) is 15.6 Å². The molecule has 162 valence electrons. The van der Waals surface area contributed by atoms with Crippen LogP contribution in [0.4, 0.5) is 5.69 Å². The minimum Gasteiger partial charge on any atom is -0.485 e. The molecule has 1 aliphatic heterocycles. The van der Waals surface area contributed by atoms with Crippen LogP contribution in [0.15, 0.2) is 82.6 Å². The van der Waals surface area contributed by atoms with Crippen molar-refractivity contribution in [1.29, 1.82) is 0 Å². The van der Waals surface area contributed by atoms with E-state index in [2.05, 4.69) is 0 Å². The summed E-state index contributed by atoms with van der Waals surface area (Å²) in [6.07, 6.45) is 0.503. The summed E-state index contributed by atoms with van der Waals surface area (Å²) in [4.78, 5) is 12.6. The average Bonchev–Trinajstić information content (AvgIpc) is 2.75. The predicted octanol–water partition coefficient (Wildman–Crippen LogP) is 2.79. The Hall–Kier alpha value is -3.10. The van der Waals surface area contributed by atoms with E-state index in [-0.39, 0.29) is 10.5 Å². The molecule has 0 aliphatic carbocycles. The molecule has 2 heterocycles. The number of fused-ring (bicyclic) bond motifs is 1. The van der Waals surface area contributed by atoms with Crippen LogP contribution in [0.3, 0.4) is 0 Å². The second kappa shape index (κ2) is 7.55. The molecule has 2 atom stereocenters. The first-order valence-corrected chi connectivity index (χ1v) is 11.3. The lowest BCUT2D eigenvalue weighted by Gasteiger charge is -2.42. The van der Waals surface area contributed by atoms with Gasteiger partial charge in [0, 0.05) is 24.9 Å². The Morgan fingerprint density at radius 1 is 1.03 bits per heavy atom. The first-order chi connectivity index (χ1) is 14.6. The van der Waals surface area contributed by atoms with E-state index in [1.165, 1.54) is 34.1 Å². The molecule has 1 N–H and O–H groups in total. The van der Waals surface area contributed by atoms with Crippen molar-refractivity contribution >= 4 is 15.7 Å². The van der Waals surface area contributed by atoms with Crippen LogP contribution in [-0.4, -0.2) is 36.8 Å². The Morgan fingerprint density at radius 3 is 2.39 bits per heavy atom. The third-order valence-corrected chi connectivity index (χ3v) is 7.39. The number of nitrogens with zero attached hydrogens (tertiary/aromatic N) is 2. The van der Waals surface area contributed by atoms with E-state index >= 15 is 0 Å². The highest BCUT2D eigenvalue weighted by Gasteiger charge is 2.44. The number of sulfonamides is 1. The van der Waals surface area contributed by atoms with E-state index in [9.17, 15) is 18.3 Å². The van der Waals surface area contributed by atoms with Crippen LogP contribution in [0.1, 0.15) is 25.5 Å². The number of para-hydroxylation sites is 1. The van der Waals surface area contributed by atoms with E-state index in [0.29, 0.717) is 17.0 Å². The fraction of sp³-hybridized carbons (Fsp3) is 0.261. The minimum absolute atomic E-state index is 0.0436. The normalized spacial score (nSPS) is 19.9. The molecule has 0 amide bonds. The molecule has 31 heavy (non-hydrogen) atoms.